The van der Waals surface area contributed by atoms with Crippen molar-refractivity contribution in [2.45, 2.75) is 52.9 Å². The van der Waals surface area contributed by atoms with Gasteiger partial charge in [-0.15, -0.1) is 11.3 Å². The summed E-state index contributed by atoms with van der Waals surface area (Å²) in [7, 11) is 0. The van der Waals surface area contributed by atoms with Gasteiger partial charge in [0.05, 0.1) is 12.0 Å². The standard InChI is InChI=1S/C16H24N2O2S/c1-4-5-6-7-9-18(10-8-15(19)20)16-14(11-17)12(2)13(3)21-16/h4-10H2,1-3H3,(H,19,20). The topological polar surface area (TPSA) is 64.3 Å². The average Bonchev–Trinajstić information content (AvgIpc) is 2.73. The van der Waals surface area contributed by atoms with Gasteiger partial charge in [0.2, 0.25) is 0 Å². The van der Waals surface area contributed by atoms with Gasteiger partial charge in [-0.1, -0.05) is 26.2 Å². The Morgan fingerprint density at radius 3 is 2.57 bits per heavy atom. The molecule has 0 unspecified atom stereocenters. The number of rotatable bonds is 9. The van der Waals surface area contributed by atoms with Crippen molar-refractivity contribution in [2.75, 3.05) is 18.0 Å². The molecule has 116 valence electrons. The number of anilines is 1. The number of aliphatic carboxylic acids is 1. The van der Waals surface area contributed by atoms with Gasteiger partial charge in [0.15, 0.2) is 0 Å². The average molecular weight is 308 g/mol. The first-order valence-electron chi connectivity index (χ1n) is 7.48. The quantitative estimate of drug-likeness (QED) is 0.698. The Hall–Kier alpha value is -1.54. The van der Waals surface area contributed by atoms with Gasteiger partial charge in [-0.2, -0.15) is 5.26 Å². The summed E-state index contributed by atoms with van der Waals surface area (Å²) in [4.78, 5) is 14.1. The molecule has 0 aliphatic rings. The Labute approximate surface area is 131 Å². The molecule has 1 N–H and O–H groups in total. The predicted octanol–water partition coefficient (Wildman–Crippen LogP) is 4.10. The second kappa shape index (κ2) is 8.68. The molecular weight excluding hydrogens is 284 g/mol. The highest BCUT2D eigenvalue weighted by Crippen LogP contribution is 2.35. The van der Waals surface area contributed by atoms with Crippen LogP contribution in [0.25, 0.3) is 0 Å². The summed E-state index contributed by atoms with van der Waals surface area (Å²) >= 11 is 1.60. The number of thiophene rings is 1. The fourth-order valence-corrected chi connectivity index (χ4v) is 3.40. The molecule has 1 aromatic heterocycles. The van der Waals surface area contributed by atoms with Crippen LogP contribution in [0.2, 0.25) is 0 Å². The summed E-state index contributed by atoms with van der Waals surface area (Å²) in [6, 6.07) is 2.28. The first-order chi connectivity index (χ1) is 10.0. The molecule has 1 aromatic rings. The molecule has 1 heterocycles. The van der Waals surface area contributed by atoms with E-state index < -0.39 is 5.97 Å². The highest BCUT2D eigenvalue weighted by Gasteiger charge is 2.18. The third kappa shape index (κ3) is 5.05. The van der Waals surface area contributed by atoms with Gasteiger partial charge in [-0.25, -0.2) is 0 Å². The number of hydrogen-bond acceptors (Lipinski definition) is 4. The lowest BCUT2D eigenvalue weighted by Crippen LogP contribution is -2.27. The lowest BCUT2D eigenvalue weighted by atomic mass is 10.1. The van der Waals surface area contributed by atoms with Crippen LogP contribution in [0, 0.1) is 25.2 Å². The van der Waals surface area contributed by atoms with E-state index >= 15 is 0 Å². The van der Waals surface area contributed by atoms with E-state index in [1.54, 1.807) is 11.3 Å². The van der Waals surface area contributed by atoms with Crippen molar-refractivity contribution in [3.8, 4) is 6.07 Å². The number of carbonyl (C=O) groups is 1. The van der Waals surface area contributed by atoms with Gasteiger partial charge in [0, 0.05) is 18.0 Å². The van der Waals surface area contributed by atoms with Gasteiger partial charge < -0.3 is 10.0 Å². The van der Waals surface area contributed by atoms with Crippen LogP contribution >= 0.6 is 11.3 Å². The van der Waals surface area contributed by atoms with E-state index in [0.717, 1.165) is 34.8 Å². The molecule has 21 heavy (non-hydrogen) atoms. The molecule has 0 radical (unpaired) electrons. The fraction of sp³-hybridized carbons (Fsp3) is 0.625. The van der Waals surface area contributed by atoms with E-state index in [9.17, 15) is 10.1 Å². The molecule has 0 spiro atoms. The van der Waals surface area contributed by atoms with Gasteiger partial charge >= 0.3 is 5.97 Å². The predicted molar refractivity (Wildman–Crippen MR) is 87.1 cm³/mol. The maximum absolute atomic E-state index is 10.8. The Morgan fingerprint density at radius 1 is 1.29 bits per heavy atom. The Kier molecular flexibility index (Phi) is 7.24. The van der Waals surface area contributed by atoms with Crippen LogP contribution in [0.3, 0.4) is 0 Å². The van der Waals surface area contributed by atoms with Crippen molar-refractivity contribution < 1.29 is 9.90 Å². The smallest absolute Gasteiger partial charge is 0.305 e. The number of nitrogens with zero attached hydrogens (tertiary/aromatic N) is 2. The molecule has 1 rings (SSSR count). The highest BCUT2D eigenvalue weighted by atomic mass is 32.1. The molecule has 0 aliphatic carbocycles. The maximum Gasteiger partial charge on any atom is 0.305 e. The van der Waals surface area contributed by atoms with Crippen molar-refractivity contribution in [1.29, 1.82) is 5.26 Å². The minimum absolute atomic E-state index is 0.106. The Bertz CT molecular complexity index is 517. The van der Waals surface area contributed by atoms with Crippen LogP contribution in [0.4, 0.5) is 5.00 Å². The molecular formula is C16H24N2O2S. The monoisotopic (exact) mass is 308 g/mol. The van der Waals surface area contributed by atoms with Crippen LogP contribution in [-0.2, 0) is 4.79 Å². The van der Waals surface area contributed by atoms with E-state index in [2.05, 4.69) is 17.9 Å². The van der Waals surface area contributed by atoms with Crippen molar-refractivity contribution in [3.05, 3.63) is 16.0 Å². The Morgan fingerprint density at radius 2 is 2.00 bits per heavy atom. The summed E-state index contributed by atoms with van der Waals surface area (Å²) in [5, 5.41) is 19.2. The number of carboxylic acids is 1. The number of carboxylic acid groups (broad SMARTS) is 1. The SMILES string of the molecule is CCCCCCN(CCC(=O)O)c1sc(C)c(C)c1C#N. The van der Waals surface area contributed by atoms with Crippen LogP contribution < -0.4 is 4.90 Å². The molecule has 0 atom stereocenters. The molecule has 0 amide bonds. The number of unbranched alkanes of at least 4 members (excludes halogenated alkanes) is 3. The maximum atomic E-state index is 10.8. The highest BCUT2D eigenvalue weighted by molar-refractivity contribution is 7.16. The van der Waals surface area contributed by atoms with Gasteiger partial charge in [0.1, 0.15) is 11.1 Å². The molecule has 0 saturated heterocycles. The summed E-state index contributed by atoms with van der Waals surface area (Å²) in [5.41, 5.74) is 1.73. The number of hydrogen-bond donors (Lipinski definition) is 1. The van der Waals surface area contributed by atoms with Crippen LogP contribution in [0.1, 0.15) is 55.0 Å². The van der Waals surface area contributed by atoms with Crippen molar-refractivity contribution in [1.82, 2.24) is 0 Å². The Balaban J connectivity index is 2.87. The van der Waals surface area contributed by atoms with Gasteiger partial charge in [-0.3, -0.25) is 4.79 Å². The third-order valence-corrected chi connectivity index (χ3v) is 4.91. The van der Waals surface area contributed by atoms with Gasteiger partial charge in [-0.05, 0) is 25.8 Å². The van der Waals surface area contributed by atoms with E-state index in [-0.39, 0.29) is 6.42 Å². The minimum atomic E-state index is -0.794. The zero-order chi connectivity index (χ0) is 15.8. The van der Waals surface area contributed by atoms with Crippen LogP contribution in [-0.4, -0.2) is 24.2 Å². The number of nitriles is 1. The van der Waals surface area contributed by atoms with Crippen LogP contribution in [0.15, 0.2) is 0 Å². The lowest BCUT2D eigenvalue weighted by Gasteiger charge is -2.23. The molecule has 5 heteroatoms. The van der Waals surface area contributed by atoms with Crippen LogP contribution in [0.5, 0.6) is 0 Å². The number of aryl methyl sites for hydroxylation is 1. The van der Waals surface area contributed by atoms with Crippen molar-refractivity contribution in [2.24, 2.45) is 0 Å². The fourth-order valence-electron chi connectivity index (χ4n) is 2.24. The molecule has 0 aromatic carbocycles. The first kappa shape index (κ1) is 17.5. The van der Waals surface area contributed by atoms with Crippen molar-refractivity contribution in [3.63, 3.8) is 0 Å². The minimum Gasteiger partial charge on any atom is -0.481 e. The lowest BCUT2D eigenvalue weighted by molar-refractivity contribution is -0.136. The summed E-state index contributed by atoms with van der Waals surface area (Å²) in [6.45, 7) is 7.43. The van der Waals surface area contributed by atoms with Crippen molar-refractivity contribution >= 4 is 22.3 Å². The largest absolute Gasteiger partial charge is 0.481 e. The molecule has 0 fully saturated rings. The first-order valence-corrected chi connectivity index (χ1v) is 8.29. The second-order valence-corrected chi connectivity index (χ2v) is 6.47. The summed E-state index contributed by atoms with van der Waals surface area (Å²) in [6.07, 6.45) is 4.66. The molecule has 4 nitrogen and oxygen atoms in total. The van der Waals surface area contributed by atoms with E-state index in [1.807, 2.05) is 13.8 Å². The van der Waals surface area contributed by atoms with Gasteiger partial charge in [0.25, 0.3) is 0 Å². The zero-order valence-electron chi connectivity index (χ0n) is 13.1. The third-order valence-electron chi connectivity index (χ3n) is 3.64. The molecule has 0 saturated carbocycles. The van der Waals surface area contributed by atoms with E-state index in [1.165, 1.54) is 12.8 Å². The normalized spacial score (nSPS) is 10.4. The summed E-state index contributed by atoms with van der Waals surface area (Å²) < 4.78 is 0. The van der Waals surface area contributed by atoms with E-state index in [4.69, 9.17) is 5.11 Å². The molecule has 0 aliphatic heterocycles. The molecule has 0 bridgehead atoms. The van der Waals surface area contributed by atoms with E-state index in [0.29, 0.717) is 12.1 Å². The zero-order valence-corrected chi connectivity index (χ0v) is 13.9. The summed E-state index contributed by atoms with van der Waals surface area (Å²) in [5.74, 6) is -0.794. The second-order valence-electron chi connectivity index (χ2n) is 5.27.